The van der Waals surface area contributed by atoms with Crippen molar-refractivity contribution < 1.29 is 14.3 Å². The lowest BCUT2D eigenvalue weighted by Crippen LogP contribution is -2.40. The molecule has 120 valence electrons. The molecule has 0 spiro atoms. The molecule has 1 amide bonds. The highest BCUT2D eigenvalue weighted by Crippen LogP contribution is 2.56. The van der Waals surface area contributed by atoms with Gasteiger partial charge in [0.2, 0.25) is 6.41 Å². The summed E-state index contributed by atoms with van der Waals surface area (Å²) in [7, 11) is 1.50. The molecular weight excluding hydrogens is 268 g/mol. The molecule has 5 nitrogen and oxygen atoms in total. The van der Waals surface area contributed by atoms with Crippen LogP contribution in [0.2, 0.25) is 0 Å². The molecule has 5 heteroatoms. The summed E-state index contributed by atoms with van der Waals surface area (Å²) in [6, 6.07) is 0. The van der Waals surface area contributed by atoms with E-state index in [1.807, 2.05) is 0 Å². The SMILES string of the molecule is CCNC12CCC(C(=O)OC)(CC1)C2.O=CN1CCCC1. The topological polar surface area (TPSA) is 58.6 Å². The van der Waals surface area contributed by atoms with Crippen molar-refractivity contribution >= 4 is 12.4 Å². The van der Waals surface area contributed by atoms with Crippen LogP contribution in [0.25, 0.3) is 0 Å². The van der Waals surface area contributed by atoms with Gasteiger partial charge in [-0.15, -0.1) is 0 Å². The smallest absolute Gasteiger partial charge is 0.311 e. The Labute approximate surface area is 127 Å². The molecule has 1 heterocycles. The zero-order valence-electron chi connectivity index (χ0n) is 13.3. The quantitative estimate of drug-likeness (QED) is 0.634. The minimum Gasteiger partial charge on any atom is -0.469 e. The van der Waals surface area contributed by atoms with Crippen molar-refractivity contribution in [2.75, 3.05) is 26.7 Å². The molecule has 1 aliphatic heterocycles. The molecule has 0 unspecified atom stereocenters. The number of nitrogens with zero attached hydrogens (tertiary/aromatic N) is 1. The fourth-order valence-corrected chi connectivity index (χ4v) is 4.16. The molecule has 0 aromatic carbocycles. The second-order valence-corrected chi connectivity index (χ2v) is 6.61. The monoisotopic (exact) mass is 296 g/mol. The zero-order valence-corrected chi connectivity index (χ0v) is 13.3. The zero-order chi connectivity index (χ0) is 15.3. The number of fused-ring (bicyclic) bond motifs is 2. The van der Waals surface area contributed by atoms with E-state index in [1.165, 1.54) is 20.0 Å². The number of esters is 1. The van der Waals surface area contributed by atoms with Crippen molar-refractivity contribution in [2.24, 2.45) is 5.41 Å². The van der Waals surface area contributed by atoms with E-state index in [1.54, 1.807) is 4.90 Å². The summed E-state index contributed by atoms with van der Waals surface area (Å²) in [5, 5.41) is 3.55. The van der Waals surface area contributed by atoms with Crippen molar-refractivity contribution in [3.63, 3.8) is 0 Å². The number of hydrogen-bond acceptors (Lipinski definition) is 4. The normalized spacial score (nSPS) is 33.5. The van der Waals surface area contributed by atoms with Gasteiger partial charge < -0.3 is 15.0 Å². The van der Waals surface area contributed by atoms with Gasteiger partial charge in [-0.3, -0.25) is 9.59 Å². The van der Waals surface area contributed by atoms with Gasteiger partial charge in [-0.2, -0.15) is 0 Å². The summed E-state index contributed by atoms with van der Waals surface area (Å²) in [6.07, 6.45) is 8.58. The first kappa shape index (κ1) is 16.3. The standard InChI is InChI=1S/C11H19NO2.C5H9NO/c1-3-12-11-6-4-10(8-11,5-7-11)9(13)14-2;7-5-6-3-1-2-4-6/h12H,3-8H2,1-2H3;5H,1-4H2. The van der Waals surface area contributed by atoms with Gasteiger partial charge >= 0.3 is 5.97 Å². The van der Waals surface area contributed by atoms with Crippen LogP contribution in [-0.2, 0) is 14.3 Å². The van der Waals surface area contributed by atoms with Crippen LogP contribution in [0.1, 0.15) is 51.9 Å². The largest absolute Gasteiger partial charge is 0.469 e. The van der Waals surface area contributed by atoms with Crippen LogP contribution in [0.3, 0.4) is 0 Å². The Kier molecular flexibility index (Phi) is 5.25. The summed E-state index contributed by atoms with van der Waals surface area (Å²) in [6.45, 7) is 5.08. The Morgan fingerprint density at radius 1 is 1.24 bits per heavy atom. The van der Waals surface area contributed by atoms with Crippen molar-refractivity contribution in [1.82, 2.24) is 10.2 Å². The number of carbonyl (C=O) groups is 2. The fraction of sp³-hybridized carbons (Fsp3) is 0.875. The van der Waals surface area contributed by atoms with Crippen LogP contribution in [0.4, 0.5) is 0 Å². The summed E-state index contributed by atoms with van der Waals surface area (Å²) >= 11 is 0. The summed E-state index contributed by atoms with van der Waals surface area (Å²) in [4.78, 5) is 23.4. The molecule has 0 aromatic rings. The molecule has 0 aromatic heterocycles. The second kappa shape index (κ2) is 6.77. The summed E-state index contributed by atoms with van der Waals surface area (Å²) < 4.78 is 4.91. The van der Waals surface area contributed by atoms with E-state index in [0.717, 1.165) is 58.1 Å². The summed E-state index contributed by atoms with van der Waals surface area (Å²) in [5.41, 5.74) is 0.111. The predicted molar refractivity (Wildman–Crippen MR) is 80.8 cm³/mol. The highest BCUT2D eigenvalue weighted by Gasteiger charge is 2.58. The maximum atomic E-state index is 11.7. The number of methoxy groups -OCH3 is 1. The number of ether oxygens (including phenoxy) is 1. The minimum absolute atomic E-state index is 0.00905. The molecule has 2 saturated carbocycles. The van der Waals surface area contributed by atoms with Gasteiger partial charge in [-0.25, -0.2) is 0 Å². The molecule has 2 aliphatic carbocycles. The third-order valence-electron chi connectivity index (χ3n) is 5.30. The van der Waals surface area contributed by atoms with Crippen molar-refractivity contribution in [1.29, 1.82) is 0 Å². The van der Waals surface area contributed by atoms with E-state index in [-0.39, 0.29) is 16.9 Å². The Morgan fingerprint density at radius 3 is 2.29 bits per heavy atom. The lowest BCUT2D eigenvalue weighted by Gasteiger charge is -2.27. The van der Waals surface area contributed by atoms with E-state index in [0.29, 0.717) is 0 Å². The molecule has 3 fully saturated rings. The molecule has 1 N–H and O–H groups in total. The minimum atomic E-state index is -0.142. The predicted octanol–water partition coefficient (Wildman–Crippen LogP) is 1.71. The van der Waals surface area contributed by atoms with Gasteiger partial charge in [0.1, 0.15) is 0 Å². The third-order valence-corrected chi connectivity index (χ3v) is 5.30. The van der Waals surface area contributed by atoms with Crippen LogP contribution in [0, 0.1) is 5.41 Å². The highest BCUT2D eigenvalue weighted by molar-refractivity contribution is 5.78. The molecule has 21 heavy (non-hydrogen) atoms. The van der Waals surface area contributed by atoms with Crippen LogP contribution in [0.5, 0.6) is 0 Å². The Hall–Kier alpha value is -1.10. The van der Waals surface area contributed by atoms with Gasteiger partial charge in [0, 0.05) is 18.6 Å². The fourth-order valence-electron chi connectivity index (χ4n) is 4.16. The Balaban J connectivity index is 0.000000194. The summed E-state index contributed by atoms with van der Waals surface area (Å²) in [5.74, 6) is 0.00905. The van der Waals surface area contributed by atoms with Crippen molar-refractivity contribution in [3.05, 3.63) is 0 Å². The lowest BCUT2D eigenvalue weighted by molar-refractivity contribution is -0.152. The maximum absolute atomic E-state index is 11.7. The molecule has 3 aliphatic rings. The van der Waals surface area contributed by atoms with E-state index < -0.39 is 0 Å². The average molecular weight is 296 g/mol. The number of amides is 1. The van der Waals surface area contributed by atoms with E-state index in [2.05, 4.69) is 12.2 Å². The first-order chi connectivity index (χ1) is 10.1. The first-order valence-electron chi connectivity index (χ1n) is 8.12. The highest BCUT2D eigenvalue weighted by atomic mass is 16.5. The first-order valence-corrected chi connectivity index (χ1v) is 8.12. The van der Waals surface area contributed by atoms with Crippen molar-refractivity contribution in [3.8, 4) is 0 Å². The number of hydrogen-bond donors (Lipinski definition) is 1. The van der Waals surface area contributed by atoms with Gasteiger partial charge in [0.05, 0.1) is 12.5 Å². The van der Waals surface area contributed by atoms with Gasteiger partial charge in [0.15, 0.2) is 0 Å². The number of likely N-dealkylation sites (tertiary alicyclic amines) is 1. The molecule has 0 atom stereocenters. The van der Waals surface area contributed by atoms with Crippen LogP contribution < -0.4 is 5.32 Å². The number of nitrogens with one attached hydrogen (secondary N) is 1. The van der Waals surface area contributed by atoms with E-state index in [4.69, 9.17) is 4.74 Å². The van der Waals surface area contributed by atoms with E-state index in [9.17, 15) is 9.59 Å². The number of carbonyl (C=O) groups excluding carboxylic acids is 2. The third kappa shape index (κ3) is 3.39. The van der Waals surface area contributed by atoms with Gasteiger partial charge in [0.25, 0.3) is 0 Å². The second-order valence-electron chi connectivity index (χ2n) is 6.61. The molecular formula is C16H28N2O3. The van der Waals surface area contributed by atoms with Gasteiger partial charge in [-0.1, -0.05) is 6.92 Å². The Bertz CT molecular complexity index is 370. The average Bonchev–Trinajstić information content (AvgIpc) is 3.22. The molecule has 1 saturated heterocycles. The van der Waals surface area contributed by atoms with Crippen LogP contribution in [-0.4, -0.2) is 49.6 Å². The van der Waals surface area contributed by atoms with Crippen LogP contribution >= 0.6 is 0 Å². The lowest BCUT2D eigenvalue weighted by atomic mass is 9.84. The van der Waals surface area contributed by atoms with E-state index >= 15 is 0 Å². The molecule has 3 rings (SSSR count). The maximum Gasteiger partial charge on any atom is 0.311 e. The van der Waals surface area contributed by atoms with Crippen molar-refractivity contribution in [2.45, 2.75) is 57.4 Å². The molecule has 0 radical (unpaired) electrons. The van der Waals surface area contributed by atoms with Gasteiger partial charge in [-0.05, 0) is 51.5 Å². The number of rotatable bonds is 4. The Morgan fingerprint density at radius 2 is 1.86 bits per heavy atom. The van der Waals surface area contributed by atoms with Crippen LogP contribution in [0.15, 0.2) is 0 Å². The molecule has 2 bridgehead atoms.